The number of nitrogens with two attached hydrogens (primary N) is 1. The summed E-state index contributed by atoms with van der Waals surface area (Å²) in [6.07, 6.45) is 1.74. The number of anilines is 1. The Morgan fingerprint density at radius 3 is 2.62 bits per heavy atom. The quantitative estimate of drug-likeness (QED) is 0.761. The van der Waals surface area contributed by atoms with Crippen molar-refractivity contribution in [2.24, 2.45) is 0 Å². The van der Waals surface area contributed by atoms with E-state index < -0.39 is 0 Å². The van der Waals surface area contributed by atoms with Crippen molar-refractivity contribution in [3.05, 3.63) is 44.4 Å². The van der Waals surface area contributed by atoms with Gasteiger partial charge >= 0.3 is 0 Å². The number of carbonyl (C=O) groups excluding carboxylic acids is 1. The maximum atomic E-state index is 12.6. The van der Waals surface area contributed by atoms with Crippen LogP contribution < -0.4 is 5.73 Å². The third-order valence-corrected chi connectivity index (χ3v) is 4.69. The third kappa shape index (κ3) is 2.63. The number of aromatic nitrogens is 2. The second kappa shape index (κ2) is 5.51. The zero-order chi connectivity index (χ0) is 15.1. The van der Waals surface area contributed by atoms with Gasteiger partial charge in [0.15, 0.2) is 0 Å². The van der Waals surface area contributed by atoms with Crippen molar-refractivity contribution in [2.75, 3.05) is 12.3 Å². The Bertz CT molecular complexity index is 708. The number of amides is 1. The first kappa shape index (κ1) is 14.7. The number of imidazole rings is 1. The average molecular weight is 390 g/mol. The van der Waals surface area contributed by atoms with Gasteiger partial charge in [-0.05, 0) is 28.1 Å². The van der Waals surface area contributed by atoms with Crippen LogP contribution in [0.3, 0.4) is 0 Å². The number of hydrogen-bond donors (Lipinski definition) is 1. The van der Waals surface area contributed by atoms with Gasteiger partial charge in [-0.15, -0.1) is 0 Å². The van der Waals surface area contributed by atoms with Gasteiger partial charge in [-0.3, -0.25) is 4.79 Å². The van der Waals surface area contributed by atoms with Gasteiger partial charge in [0.05, 0.1) is 28.5 Å². The van der Waals surface area contributed by atoms with Gasteiger partial charge in [0.2, 0.25) is 0 Å². The van der Waals surface area contributed by atoms with Crippen LogP contribution in [0.2, 0.25) is 10.0 Å². The van der Waals surface area contributed by atoms with Crippen LogP contribution in [0.4, 0.5) is 5.69 Å². The lowest BCUT2D eigenvalue weighted by molar-refractivity contribution is 0.0707. The number of benzene rings is 1. The minimum atomic E-state index is -0.135. The molecule has 0 fully saturated rings. The molecular weight excluding hydrogens is 379 g/mol. The molecule has 0 aliphatic carbocycles. The lowest BCUT2D eigenvalue weighted by Gasteiger charge is -2.28. The highest BCUT2D eigenvalue weighted by Crippen LogP contribution is 2.30. The molecule has 0 atom stereocenters. The summed E-state index contributed by atoms with van der Waals surface area (Å²) >= 11 is 15.4. The number of nitrogen functional groups attached to an aromatic ring is 1. The van der Waals surface area contributed by atoms with Gasteiger partial charge in [0, 0.05) is 18.7 Å². The maximum Gasteiger partial charge on any atom is 0.254 e. The monoisotopic (exact) mass is 388 g/mol. The summed E-state index contributed by atoms with van der Waals surface area (Å²) in [7, 11) is 0. The highest BCUT2D eigenvalue weighted by molar-refractivity contribution is 9.10. The van der Waals surface area contributed by atoms with Crippen molar-refractivity contribution in [1.82, 2.24) is 14.5 Å². The molecule has 1 aromatic heterocycles. The first-order valence-corrected chi connectivity index (χ1v) is 7.76. The Labute approximate surface area is 139 Å². The molecule has 3 rings (SSSR count). The molecule has 2 N–H and O–H groups in total. The zero-order valence-electron chi connectivity index (χ0n) is 10.8. The molecule has 1 amide bonds. The Hall–Kier alpha value is -1.24. The van der Waals surface area contributed by atoms with Gasteiger partial charge in [-0.2, -0.15) is 0 Å². The standard InChI is InChI=1S/C13H11BrCl2N4O/c14-10-5-18-11-6-19(1-2-20(10)11)13(21)7-3-8(15)12(17)9(16)4-7/h3-5H,1-2,6,17H2. The molecule has 2 heterocycles. The average Bonchev–Trinajstić information content (AvgIpc) is 2.84. The van der Waals surface area contributed by atoms with Crippen LogP contribution in [0.15, 0.2) is 22.9 Å². The Kier molecular flexibility index (Phi) is 3.86. The number of carbonyl (C=O) groups is 1. The van der Waals surface area contributed by atoms with E-state index in [-0.39, 0.29) is 21.6 Å². The first-order chi connectivity index (χ1) is 9.97. The maximum absolute atomic E-state index is 12.6. The second-order valence-electron chi connectivity index (χ2n) is 4.73. The summed E-state index contributed by atoms with van der Waals surface area (Å²) in [4.78, 5) is 18.5. The van der Waals surface area contributed by atoms with Crippen LogP contribution in [0.1, 0.15) is 16.2 Å². The van der Waals surface area contributed by atoms with E-state index in [9.17, 15) is 4.79 Å². The highest BCUT2D eigenvalue weighted by atomic mass is 79.9. The molecule has 0 spiro atoms. The van der Waals surface area contributed by atoms with Crippen molar-refractivity contribution < 1.29 is 4.79 Å². The van der Waals surface area contributed by atoms with Gasteiger partial charge < -0.3 is 15.2 Å². The van der Waals surface area contributed by atoms with Gasteiger partial charge in [0.25, 0.3) is 5.91 Å². The predicted octanol–water partition coefficient (Wildman–Crippen LogP) is 3.19. The number of rotatable bonds is 1. The molecule has 21 heavy (non-hydrogen) atoms. The molecule has 5 nitrogen and oxygen atoms in total. The van der Waals surface area contributed by atoms with E-state index in [1.54, 1.807) is 23.2 Å². The zero-order valence-corrected chi connectivity index (χ0v) is 13.9. The lowest BCUT2D eigenvalue weighted by atomic mass is 10.1. The molecule has 8 heteroatoms. The minimum absolute atomic E-state index is 0.135. The van der Waals surface area contributed by atoms with Crippen molar-refractivity contribution in [3.8, 4) is 0 Å². The summed E-state index contributed by atoms with van der Waals surface area (Å²) in [6.45, 7) is 1.74. The van der Waals surface area contributed by atoms with E-state index in [4.69, 9.17) is 28.9 Å². The van der Waals surface area contributed by atoms with Crippen LogP contribution >= 0.6 is 39.1 Å². The summed E-state index contributed by atoms with van der Waals surface area (Å²) in [5.41, 5.74) is 6.40. The predicted molar refractivity (Wildman–Crippen MR) is 85.5 cm³/mol. The molecule has 1 aromatic carbocycles. The van der Waals surface area contributed by atoms with E-state index in [0.29, 0.717) is 25.2 Å². The fourth-order valence-electron chi connectivity index (χ4n) is 2.29. The smallest absolute Gasteiger partial charge is 0.254 e. The molecule has 0 unspecified atom stereocenters. The van der Waals surface area contributed by atoms with E-state index in [1.807, 2.05) is 4.57 Å². The third-order valence-electron chi connectivity index (χ3n) is 3.43. The van der Waals surface area contributed by atoms with Crippen LogP contribution in [-0.4, -0.2) is 26.9 Å². The largest absolute Gasteiger partial charge is 0.396 e. The van der Waals surface area contributed by atoms with Crippen LogP contribution in [0, 0.1) is 0 Å². The summed E-state index contributed by atoms with van der Waals surface area (Å²) < 4.78 is 2.95. The number of hydrogen-bond acceptors (Lipinski definition) is 3. The van der Waals surface area contributed by atoms with Crippen LogP contribution in [-0.2, 0) is 13.1 Å². The molecule has 0 bridgehead atoms. The van der Waals surface area contributed by atoms with Crippen LogP contribution in [0.25, 0.3) is 0 Å². The number of nitrogens with zero attached hydrogens (tertiary/aromatic N) is 3. The van der Waals surface area contributed by atoms with E-state index in [0.717, 1.165) is 10.4 Å². The van der Waals surface area contributed by atoms with Gasteiger partial charge in [-0.1, -0.05) is 23.2 Å². The molecule has 2 aromatic rings. The van der Waals surface area contributed by atoms with Crippen molar-refractivity contribution in [2.45, 2.75) is 13.1 Å². The Balaban J connectivity index is 1.87. The molecule has 0 radical (unpaired) electrons. The minimum Gasteiger partial charge on any atom is -0.396 e. The van der Waals surface area contributed by atoms with Gasteiger partial charge in [-0.25, -0.2) is 4.98 Å². The topological polar surface area (TPSA) is 64.2 Å². The van der Waals surface area contributed by atoms with Crippen molar-refractivity contribution in [1.29, 1.82) is 0 Å². The SMILES string of the molecule is Nc1c(Cl)cc(C(=O)N2CCn3c(Br)cnc3C2)cc1Cl. The first-order valence-electron chi connectivity index (χ1n) is 6.21. The molecule has 1 aliphatic rings. The van der Waals surface area contributed by atoms with E-state index in [1.165, 1.54) is 0 Å². The molecular formula is C13H11BrCl2N4O. The Morgan fingerprint density at radius 1 is 1.29 bits per heavy atom. The molecule has 110 valence electrons. The normalized spacial score (nSPS) is 14.1. The summed E-state index contributed by atoms with van der Waals surface area (Å²) in [6, 6.07) is 3.09. The summed E-state index contributed by atoms with van der Waals surface area (Å²) in [5, 5.41) is 0.569. The highest BCUT2D eigenvalue weighted by Gasteiger charge is 2.24. The number of halogens is 3. The fraction of sp³-hybridized carbons (Fsp3) is 0.231. The van der Waals surface area contributed by atoms with E-state index >= 15 is 0 Å². The molecule has 0 saturated heterocycles. The fourth-order valence-corrected chi connectivity index (χ4v) is 3.26. The second-order valence-corrected chi connectivity index (χ2v) is 6.36. The van der Waals surface area contributed by atoms with Crippen molar-refractivity contribution in [3.63, 3.8) is 0 Å². The van der Waals surface area contributed by atoms with E-state index in [2.05, 4.69) is 20.9 Å². The Morgan fingerprint density at radius 2 is 1.95 bits per heavy atom. The molecule has 1 aliphatic heterocycles. The summed E-state index contributed by atoms with van der Waals surface area (Å²) in [5.74, 6) is 0.707. The van der Waals surface area contributed by atoms with Crippen LogP contribution in [0.5, 0.6) is 0 Å². The molecule has 0 saturated carbocycles. The van der Waals surface area contributed by atoms with Crippen molar-refractivity contribution >= 4 is 50.7 Å². The number of fused-ring (bicyclic) bond motifs is 1. The van der Waals surface area contributed by atoms with Gasteiger partial charge in [0.1, 0.15) is 10.4 Å². The lowest BCUT2D eigenvalue weighted by Crippen LogP contribution is -2.38.